The summed E-state index contributed by atoms with van der Waals surface area (Å²) in [6.07, 6.45) is 3.65. The number of carbonyl (C=O) groups is 1. The van der Waals surface area contributed by atoms with Gasteiger partial charge in [0.05, 0.1) is 22.8 Å². The van der Waals surface area contributed by atoms with Gasteiger partial charge in [-0.15, -0.1) is 0 Å². The minimum absolute atomic E-state index is 0.0478. The van der Waals surface area contributed by atoms with E-state index in [0.717, 1.165) is 49.5 Å². The third kappa shape index (κ3) is 6.46. The average molecular weight is 601 g/mol. The molecule has 0 spiro atoms. The lowest BCUT2D eigenvalue weighted by molar-refractivity contribution is 0.0998. The smallest absolute Gasteiger partial charge is 0.262 e. The van der Waals surface area contributed by atoms with E-state index in [4.69, 9.17) is 0 Å². The summed E-state index contributed by atoms with van der Waals surface area (Å²) in [7, 11) is 8.13. The molecule has 2 aromatic heterocycles. The Morgan fingerprint density at radius 3 is 1.64 bits per heavy atom. The number of carbonyl (C=O) groups excluding carboxylic acids is 1. The molecule has 3 aromatic carbocycles. The predicted molar refractivity (Wildman–Crippen MR) is 180 cm³/mol. The Hall–Kier alpha value is -4.66. The van der Waals surface area contributed by atoms with Crippen molar-refractivity contribution in [3.8, 4) is 0 Å². The van der Waals surface area contributed by atoms with Gasteiger partial charge in [-0.05, 0) is 78.4 Å². The Kier molecular flexibility index (Phi) is 8.63. The van der Waals surface area contributed by atoms with Crippen LogP contribution in [0.1, 0.15) is 27.3 Å². The number of benzene rings is 3. The largest absolute Gasteiger partial charge is 0.378 e. The number of anilines is 4. The molecule has 7 nitrogen and oxygen atoms in total. The number of aromatic nitrogens is 2. The van der Waals surface area contributed by atoms with Crippen LogP contribution in [0.4, 0.5) is 22.7 Å². The van der Waals surface area contributed by atoms with E-state index in [0.29, 0.717) is 25.2 Å². The van der Waals surface area contributed by atoms with Gasteiger partial charge in [0.15, 0.2) is 0 Å². The van der Waals surface area contributed by atoms with Crippen LogP contribution < -0.4 is 14.7 Å². The summed E-state index contributed by atoms with van der Waals surface area (Å²) < 4.78 is 0. The molecule has 6 rings (SSSR count). The second-order valence-corrected chi connectivity index (χ2v) is 12.4. The van der Waals surface area contributed by atoms with Crippen molar-refractivity contribution >= 4 is 40.4 Å². The van der Waals surface area contributed by atoms with E-state index in [2.05, 4.69) is 73.2 Å². The number of hydrogen-bond donors (Lipinski definition) is 0. The molecule has 0 saturated heterocycles. The van der Waals surface area contributed by atoms with Crippen molar-refractivity contribution in [2.45, 2.75) is 29.4 Å². The monoisotopic (exact) mass is 600 g/mol. The zero-order valence-electron chi connectivity index (χ0n) is 25.5. The molecule has 222 valence electrons. The van der Waals surface area contributed by atoms with Crippen molar-refractivity contribution in [2.24, 2.45) is 0 Å². The van der Waals surface area contributed by atoms with Crippen LogP contribution in [0.15, 0.2) is 119 Å². The molecule has 0 saturated carbocycles. The molecule has 0 atom stereocenters. The second kappa shape index (κ2) is 12.9. The average Bonchev–Trinajstić information content (AvgIpc) is 3.04. The first-order valence-corrected chi connectivity index (χ1v) is 15.4. The molecule has 1 aliphatic heterocycles. The fourth-order valence-corrected chi connectivity index (χ4v) is 6.44. The number of amides is 1. The van der Waals surface area contributed by atoms with Crippen LogP contribution in [0.3, 0.4) is 0 Å². The van der Waals surface area contributed by atoms with Crippen molar-refractivity contribution < 1.29 is 4.79 Å². The summed E-state index contributed by atoms with van der Waals surface area (Å²) in [6, 6.07) is 32.6. The fraction of sp³-hybridized carbons (Fsp3) is 0.194. The molecule has 0 bridgehead atoms. The van der Waals surface area contributed by atoms with Gasteiger partial charge in [-0.2, -0.15) is 0 Å². The van der Waals surface area contributed by atoms with Gasteiger partial charge in [0.2, 0.25) is 0 Å². The maximum atomic E-state index is 14.2. The molecular weight excluding hydrogens is 565 g/mol. The van der Waals surface area contributed by atoms with E-state index in [-0.39, 0.29) is 5.91 Å². The van der Waals surface area contributed by atoms with Crippen LogP contribution in [0.2, 0.25) is 0 Å². The van der Waals surface area contributed by atoms with Crippen molar-refractivity contribution in [1.29, 1.82) is 0 Å². The first kappa shape index (κ1) is 29.4. The van der Waals surface area contributed by atoms with Crippen LogP contribution in [0, 0.1) is 0 Å². The first-order valence-electron chi connectivity index (χ1n) is 14.6. The minimum Gasteiger partial charge on any atom is -0.378 e. The summed E-state index contributed by atoms with van der Waals surface area (Å²) in [4.78, 5) is 33.8. The number of pyridine rings is 2. The summed E-state index contributed by atoms with van der Waals surface area (Å²) in [6.45, 7) is 2.09. The van der Waals surface area contributed by atoms with Crippen LogP contribution in [-0.4, -0.2) is 49.0 Å². The lowest BCUT2D eigenvalue weighted by Crippen LogP contribution is -2.29. The van der Waals surface area contributed by atoms with Crippen molar-refractivity contribution in [1.82, 2.24) is 14.9 Å². The van der Waals surface area contributed by atoms with Crippen LogP contribution in [0.5, 0.6) is 0 Å². The van der Waals surface area contributed by atoms with E-state index in [1.54, 1.807) is 11.8 Å². The van der Waals surface area contributed by atoms with Crippen LogP contribution >= 0.6 is 11.8 Å². The molecule has 0 unspecified atom stereocenters. The lowest BCUT2D eigenvalue weighted by atomic mass is 10.1. The van der Waals surface area contributed by atoms with E-state index >= 15 is 0 Å². The van der Waals surface area contributed by atoms with E-state index in [1.807, 2.05) is 94.0 Å². The first-order chi connectivity index (χ1) is 21.4. The molecule has 44 heavy (non-hydrogen) atoms. The van der Waals surface area contributed by atoms with E-state index < -0.39 is 0 Å². The number of fused-ring (bicyclic) bond motifs is 2. The SMILES string of the molecule is CN(C)c1ccc2c(c1)Sc1cc(N(C)C)ccc1N2C(=O)c1ccc(CN(Cc2ccccn2)Cc2ccccn2)cc1. The van der Waals surface area contributed by atoms with Crippen molar-refractivity contribution in [3.63, 3.8) is 0 Å². The highest BCUT2D eigenvalue weighted by molar-refractivity contribution is 7.99. The highest BCUT2D eigenvalue weighted by Gasteiger charge is 2.30. The van der Waals surface area contributed by atoms with E-state index in [1.165, 1.54) is 0 Å². The van der Waals surface area contributed by atoms with E-state index in [9.17, 15) is 4.79 Å². The molecule has 5 aromatic rings. The zero-order valence-corrected chi connectivity index (χ0v) is 26.3. The van der Waals surface area contributed by atoms with Gasteiger partial charge in [0.25, 0.3) is 5.91 Å². The topological polar surface area (TPSA) is 55.8 Å². The normalized spacial score (nSPS) is 12.1. The highest BCUT2D eigenvalue weighted by atomic mass is 32.2. The maximum absolute atomic E-state index is 14.2. The predicted octanol–water partition coefficient (Wildman–Crippen LogP) is 7.25. The Balaban J connectivity index is 1.28. The number of nitrogens with zero attached hydrogens (tertiary/aromatic N) is 6. The van der Waals surface area contributed by atoms with Gasteiger partial charge in [-0.3, -0.25) is 24.6 Å². The number of hydrogen-bond acceptors (Lipinski definition) is 7. The summed E-state index contributed by atoms with van der Waals surface area (Å²) >= 11 is 1.71. The summed E-state index contributed by atoms with van der Waals surface area (Å²) in [5.41, 5.74) is 7.77. The summed E-state index contributed by atoms with van der Waals surface area (Å²) in [5, 5.41) is 0. The molecule has 0 fully saturated rings. The number of rotatable bonds is 9. The van der Waals surface area contributed by atoms with Crippen molar-refractivity contribution in [3.05, 3.63) is 132 Å². The highest BCUT2D eigenvalue weighted by Crippen LogP contribution is 2.50. The van der Waals surface area contributed by atoms with Gasteiger partial charge in [0, 0.05) is 86.9 Å². The molecule has 0 radical (unpaired) electrons. The Bertz CT molecular complexity index is 1640. The molecule has 1 aliphatic rings. The third-order valence-corrected chi connectivity index (χ3v) is 8.75. The lowest BCUT2D eigenvalue weighted by Gasteiger charge is -2.32. The fourth-order valence-electron chi connectivity index (χ4n) is 5.31. The second-order valence-electron chi connectivity index (χ2n) is 11.3. The summed E-state index contributed by atoms with van der Waals surface area (Å²) in [5.74, 6) is -0.0478. The van der Waals surface area contributed by atoms with Crippen molar-refractivity contribution in [2.75, 3.05) is 42.9 Å². The standard InChI is InChI=1S/C36H36N6OS/c1-39(2)30-15-17-32-34(21-30)44-35-22-31(40(3)4)16-18-33(35)42(32)36(43)27-13-11-26(12-14-27)23-41(24-28-9-5-7-19-37-28)25-29-10-6-8-20-38-29/h5-22H,23-25H2,1-4H3. The van der Waals surface area contributed by atoms with Gasteiger partial charge >= 0.3 is 0 Å². The quantitative estimate of drug-likeness (QED) is 0.177. The Morgan fingerprint density at radius 1 is 0.659 bits per heavy atom. The van der Waals surface area contributed by atoms with Crippen LogP contribution in [-0.2, 0) is 19.6 Å². The Morgan fingerprint density at radius 2 is 1.18 bits per heavy atom. The third-order valence-electron chi connectivity index (χ3n) is 7.65. The molecule has 1 amide bonds. The van der Waals surface area contributed by atoms with Crippen LogP contribution in [0.25, 0.3) is 0 Å². The molecule has 8 heteroatoms. The van der Waals surface area contributed by atoms with Gasteiger partial charge in [0.1, 0.15) is 0 Å². The zero-order chi connectivity index (χ0) is 30.6. The van der Waals surface area contributed by atoms with Gasteiger partial charge in [-0.25, -0.2) is 0 Å². The maximum Gasteiger partial charge on any atom is 0.262 e. The molecule has 3 heterocycles. The molecule has 0 aliphatic carbocycles. The van der Waals surface area contributed by atoms with Gasteiger partial charge < -0.3 is 9.80 Å². The van der Waals surface area contributed by atoms with Gasteiger partial charge in [-0.1, -0.05) is 36.0 Å². The minimum atomic E-state index is -0.0478. The Labute approximate surface area is 263 Å². The molecule has 0 N–H and O–H groups in total. The molecular formula is C36H36N6OS.